The molecule has 1 atom stereocenters. The van der Waals surface area contributed by atoms with Crippen LogP contribution in [-0.2, 0) is 4.79 Å². The fourth-order valence-corrected chi connectivity index (χ4v) is 3.87. The van der Waals surface area contributed by atoms with E-state index in [0.29, 0.717) is 6.42 Å². The highest BCUT2D eigenvalue weighted by Crippen LogP contribution is 2.32. The van der Waals surface area contributed by atoms with Gasteiger partial charge in [-0.1, -0.05) is 26.0 Å². The number of anilines is 1. The molecule has 1 heterocycles. The number of benzene rings is 2. The second kappa shape index (κ2) is 8.32. The Labute approximate surface area is 158 Å². The molecule has 136 valence electrons. The van der Waals surface area contributed by atoms with E-state index in [-0.39, 0.29) is 12.0 Å². The molecule has 4 nitrogen and oxygen atoms in total. The normalized spacial score (nSPS) is 12.1. The smallest absolute Gasteiger partial charge is 0.224 e. The van der Waals surface area contributed by atoms with Crippen molar-refractivity contribution < 1.29 is 9.53 Å². The molecule has 3 aromatic rings. The molecule has 0 bridgehead atoms. The number of hydrogen-bond donors (Lipinski definition) is 1. The summed E-state index contributed by atoms with van der Waals surface area (Å²) in [5.74, 6) is 0.840. The van der Waals surface area contributed by atoms with Crippen LogP contribution >= 0.6 is 11.3 Å². The van der Waals surface area contributed by atoms with Crippen LogP contribution in [0.2, 0.25) is 0 Å². The maximum absolute atomic E-state index is 11.8. The third-order valence-corrected chi connectivity index (χ3v) is 5.31. The minimum Gasteiger partial charge on any atom is -0.483 e. The van der Waals surface area contributed by atoms with Crippen LogP contribution < -0.4 is 10.1 Å². The van der Waals surface area contributed by atoms with Crippen molar-refractivity contribution in [1.82, 2.24) is 4.98 Å². The zero-order valence-corrected chi connectivity index (χ0v) is 16.2. The van der Waals surface area contributed by atoms with Crippen molar-refractivity contribution in [2.75, 3.05) is 5.32 Å². The number of aryl methyl sites for hydroxylation is 1. The van der Waals surface area contributed by atoms with Crippen molar-refractivity contribution in [3.63, 3.8) is 0 Å². The van der Waals surface area contributed by atoms with Gasteiger partial charge < -0.3 is 10.1 Å². The first kappa shape index (κ1) is 18.4. The maximum Gasteiger partial charge on any atom is 0.224 e. The number of thiazole rings is 1. The van der Waals surface area contributed by atoms with Crippen LogP contribution in [0.25, 0.3) is 10.2 Å². The zero-order chi connectivity index (χ0) is 18.5. The lowest BCUT2D eigenvalue weighted by atomic mass is 10.1. The van der Waals surface area contributed by atoms with Gasteiger partial charge in [-0.15, -0.1) is 11.3 Å². The van der Waals surface area contributed by atoms with E-state index < -0.39 is 0 Å². The Balaban J connectivity index is 1.76. The largest absolute Gasteiger partial charge is 0.483 e. The highest BCUT2D eigenvalue weighted by Gasteiger charge is 2.17. The number of amides is 1. The molecule has 1 unspecified atom stereocenters. The molecule has 0 aliphatic rings. The minimum absolute atomic E-state index is 0.0465. The van der Waals surface area contributed by atoms with Crippen molar-refractivity contribution in [2.24, 2.45) is 0 Å². The van der Waals surface area contributed by atoms with Crippen molar-refractivity contribution in [3.05, 3.63) is 53.0 Å². The fraction of sp³-hybridized carbons (Fsp3) is 0.333. The first-order chi connectivity index (χ1) is 12.6. The highest BCUT2D eigenvalue weighted by molar-refractivity contribution is 7.18. The van der Waals surface area contributed by atoms with E-state index in [1.54, 1.807) is 11.3 Å². The predicted octanol–water partition coefficient (Wildman–Crippen LogP) is 5.87. The van der Waals surface area contributed by atoms with Gasteiger partial charge in [-0.3, -0.25) is 4.79 Å². The molecular formula is C21H24N2O2S. The second-order valence-corrected chi connectivity index (χ2v) is 7.37. The predicted molar refractivity (Wildman–Crippen MR) is 108 cm³/mol. The van der Waals surface area contributed by atoms with E-state index in [9.17, 15) is 4.79 Å². The SMILES string of the molecule is CCCC(=O)Nc1ccc(OC(CC)c2nc3ccccc3s2)cc1C. The molecule has 0 saturated heterocycles. The van der Waals surface area contributed by atoms with Crippen LogP contribution in [0.3, 0.4) is 0 Å². The third-order valence-electron chi connectivity index (χ3n) is 4.18. The molecule has 1 aromatic heterocycles. The quantitative estimate of drug-likeness (QED) is 0.567. The van der Waals surface area contributed by atoms with Crippen molar-refractivity contribution in [1.29, 1.82) is 0 Å². The van der Waals surface area contributed by atoms with Crippen LogP contribution in [0.15, 0.2) is 42.5 Å². The fourth-order valence-electron chi connectivity index (χ4n) is 2.79. The number of aromatic nitrogens is 1. The summed E-state index contributed by atoms with van der Waals surface area (Å²) in [5.41, 5.74) is 2.84. The molecule has 1 amide bonds. The van der Waals surface area contributed by atoms with E-state index in [1.165, 1.54) is 4.70 Å². The van der Waals surface area contributed by atoms with Crippen LogP contribution in [0.5, 0.6) is 5.75 Å². The lowest BCUT2D eigenvalue weighted by Gasteiger charge is -2.17. The minimum atomic E-state index is -0.0765. The summed E-state index contributed by atoms with van der Waals surface area (Å²) in [5, 5.41) is 3.94. The topological polar surface area (TPSA) is 51.2 Å². The Morgan fingerprint density at radius 3 is 2.73 bits per heavy atom. The molecule has 5 heteroatoms. The van der Waals surface area contributed by atoms with Gasteiger partial charge >= 0.3 is 0 Å². The Bertz CT molecular complexity index is 871. The summed E-state index contributed by atoms with van der Waals surface area (Å²) < 4.78 is 7.38. The number of nitrogens with zero attached hydrogens (tertiary/aromatic N) is 1. The van der Waals surface area contributed by atoms with E-state index >= 15 is 0 Å². The first-order valence-electron chi connectivity index (χ1n) is 9.03. The summed E-state index contributed by atoms with van der Waals surface area (Å²) in [6.07, 6.45) is 2.14. The van der Waals surface area contributed by atoms with Gasteiger partial charge in [-0.05, 0) is 55.7 Å². The molecular weight excluding hydrogens is 344 g/mol. The van der Waals surface area contributed by atoms with Crippen LogP contribution in [0.1, 0.15) is 49.8 Å². The molecule has 0 radical (unpaired) electrons. The number of carbonyl (C=O) groups excluding carboxylic acids is 1. The van der Waals surface area contributed by atoms with Gasteiger partial charge in [0.05, 0.1) is 10.2 Å². The van der Waals surface area contributed by atoms with Crippen molar-refractivity contribution in [3.8, 4) is 5.75 Å². The number of ether oxygens (including phenoxy) is 1. The number of para-hydroxylation sites is 1. The lowest BCUT2D eigenvalue weighted by molar-refractivity contribution is -0.116. The maximum atomic E-state index is 11.8. The van der Waals surface area contributed by atoms with Crippen LogP contribution in [0.4, 0.5) is 5.69 Å². The van der Waals surface area contributed by atoms with Crippen LogP contribution in [-0.4, -0.2) is 10.9 Å². The monoisotopic (exact) mass is 368 g/mol. The molecule has 2 aromatic carbocycles. The Hall–Kier alpha value is -2.40. The number of fused-ring (bicyclic) bond motifs is 1. The summed E-state index contributed by atoms with van der Waals surface area (Å²) in [6, 6.07) is 13.9. The number of carbonyl (C=O) groups is 1. The molecule has 0 aliphatic heterocycles. The molecule has 1 N–H and O–H groups in total. The van der Waals surface area contributed by atoms with Gasteiger partial charge in [0.2, 0.25) is 5.91 Å². The van der Waals surface area contributed by atoms with Gasteiger partial charge in [-0.2, -0.15) is 0 Å². The molecule has 3 rings (SSSR count). The zero-order valence-electron chi connectivity index (χ0n) is 15.4. The molecule has 26 heavy (non-hydrogen) atoms. The van der Waals surface area contributed by atoms with Gasteiger partial charge in [0.25, 0.3) is 0 Å². The first-order valence-corrected chi connectivity index (χ1v) is 9.85. The number of nitrogens with one attached hydrogen (secondary N) is 1. The van der Waals surface area contributed by atoms with E-state index in [1.807, 2.05) is 50.2 Å². The van der Waals surface area contributed by atoms with Crippen LogP contribution in [0, 0.1) is 6.92 Å². The molecule has 0 aliphatic carbocycles. The van der Waals surface area contributed by atoms with Gasteiger partial charge in [0, 0.05) is 12.1 Å². The van der Waals surface area contributed by atoms with Gasteiger partial charge in [-0.25, -0.2) is 4.98 Å². The second-order valence-electron chi connectivity index (χ2n) is 6.31. The Morgan fingerprint density at radius 1 is 1.23 bits per heavy atom. The summed E-state index contributed by atoms with van der Waals surface area (Å²) in [7, 11) is 0. The van der Waals surface area contributed by atoms with E-state index in [0.717, 1.165) is 40.4 Å². The van der Waals surface area contributed by atoms with Crippen molar-refractivity contribution >= 4 is 33.1 Å². The van der Waals surface area contributed by atoms with E-state index in [4.69, 9.17) is 9.72 Å². The lowest BCUT2D eigenvalue weighted by Crippen LogP contribution is -2.12. The summed E-state index contributed by atoms with van der Waals surface area (Å²) >= 11 is 1.68. The average Bonchev–Trinajstić information content (AvgIpc) is 3.06. The average molecular weight is 369 g/mol. The standard InChI is InChI=1S/C21H24N2O2S/c1-4-8-20(24)22-16-12-11-15(13-14(16)3)25-18(5-2)21-23-17-9-6-7-10-19(17)26-21/h6-7,9-13,18H,4-5,8H2,1-3H3,(H,22,24). The number of hydrogen-bond acceptors (Lipinski definition) is 4. The van der Waals surface area contributed by atoms with E-state index in [2.05, 4.69) is 18.3 Å². The van der Waals surface area contributed by atoms with Gasteiger partial charge in [0.15, 0.2) is 0 Å². The Kier molecular flexibility index (Phi) is 5.89. The summed E-state index contributed by atoms with van der Waals surface area (Å²) in [4.78, 5) is 16.5. The highest BCUT2D eigenvalue weighted by atomic mass is 32.1. The van der Waals surface area contributed by atoms with Gasteiger partial charge in [0.1, 0.15) is 16.9 Å². The molecule has 0 fully saturated rings. The Morgan fingerprint density at radius 2 is 2.04 bits per heavy atom. The molecule has 0 saturated carbocycles. The third kappa shape index (κ3) is 4.22. The van der Waals surface area contributed by atoms with Crippen molar-refractivity contribution in [2.45, 2.75) is 46.1 Å². The number of rotatable bonds is 7. The molecule has 0 spiro atoms. The summed E-state index contributed by atoms with van der Waals surface area (Å²) in [6.45, 7) is 6.08.